The Morgan fingerprint density at radius 1 is 1.03 bits per heavy atom. The van der Waals surface area contributed by atoms with Crippen molar-refractivity contribution in [2.24, 2.45) is 0 Å². The summed E-state index contributed by atoms with van der Waals surface area (Å²) < 4.78 is 14.7. The zero-order valence-electron chi connectivity index (χ0n) is 20.0. The molecule has 9 heteroatoms. The average Bonchev–Trinajstić information content (AvgIpc) is 3.20. The van der Waals surface area contributed by atoms with Crippen LogP contribution in [0.5, 0.6) is 0 Å². The van der Waals surface area contributed by atoms with E-state index in [2.05, 4.69) is 15.5 Å². The molecule has 0 bridgehead atoms. The summed E-state index contributed by atoms with van der Waals surface area (Å²) >= 11 is 0. The lowest BCUT2D eigenvalue weighted by molar-refractivity contribution is -0.121. The molecular weight excluding hydrogens is 422 g/mol. The molecule has 1 aromatic carbocycles. The highest BCUT2D eigenvalue weighted by Crippen LogP contribution is 2.16. The SMILES string of the molecule is CC(C)OCCCNC(=O)CCc1nnc2n(CCCOC(C)C)c(=O)c3ccccc3n12. The van der Waals surface area contributed by atoms with Crippen molar-refractivity contribution in [2.75, 3.05) is 19.8 Å². The molecule has 0 atom stereocenters. The topological polar surface area (TPSA) is 99.8 Å². The van der Waals surface area contributed by atoms with Crippen LogP contribution in [-0.4, -0.2) is 57.0 Å². The number of ether oxygens (including phenoxy) is 2. The minimum absolute atomic E-state index is 0.0419. The quantitative estimate of drug-likeness (QED) is 0.396. The number of carbonyl (C=O) groups excluding carboxylic acids is 1. The average molecular weight is 458 g/mol. The number of amides is 1. The van der Waals surface area contributed by atoms with Gasteiger partial charge in [-0.25, -0.2) is 0 Å². The van der Waals surface area contributed by atoms with Crippen molar-refractivity contribution >= 4 is 22.6 Å². The van der Waals surface area contributed by atoms with E-state index in [1.807, 2.05) is 56.4 Å². The molecule has 0 radical (unpaired) electrons. The summed E-state index contributed by atoms with van der Waals surface area (Å²) in [5, 5.41) is 12.2. The summed E-state index contributed by atoms with van der Waals surface area (Å²) in [6, 6.07) is 7.44. The van der Waals surface area contributed by atoms with Crippen LogP contribution < -0.4 is 10.9 Å². The summed E-state index contributed by atoms with van der Waals surface area (Å²) in [4.78, 5) is 25.4. The lowest BCUT2D eigenvalue weighted by atomic mass is 10.2. The molecule has 3 aromatic rings. The van der Waals surface area contributed by atoms with E-state index in [4.69, 9.17) is 9.47 Å². The van der Waals surface area contributed by atoms with E-state index in [9.17, 15) is 9.59 Å². The van der Waals surface area contributed by atoms with Crippen LogP contribution in [0.2, 0.25) is 0 Å². The van der Waals surface area contributed by atoms with Crippen molar-refractivity contribution in [1.29, 1.82) is 0 Å². The molecule has 0 saturated heterocycles. The number of carbonyl (C=O) groups is 1. The number of rotatable bonds is 13. The Labute approximate surface area is 194 Å². The number of fused-ring (bicyclic) bond motifs is 3. The van der Waals surface area contributed by atoms with Crippen LogP contribution in [0.1, 0.15) is 52.8 Å². The second-order valence-electron chi connectivity index (χ2n) is 8.62. The fourth-order valence-electron chi connectivity index (χ4n) is 3.65. The lowest BCUT2D eigenvalue weighted by Gasteiger charge is -2.12. The van der Waals surface area contributed by atoms with Crippen molar-refractivity contribution in [2.45, 2.75) is 72.1 Å². The van der Waals surface area contributed by atoms with Gasteiger partial charge in [0.05, 0.1) is 23.1 Å². The summed E-state index contributed by atoms with van der Waals surface area (Å²) in [7, 11) is 0. The Balaban J connectivity index is 1.74. The van der Waals surface area contributed by atoms with Crippen LogP contribution in [0.15, 0.2) is 29.1 Å². The van der Waals surface area contributed by atoms with Crippen molar-refractivity contribution in [3.63, 3.8) is 0 Å². The van der Waals surface area contributed by atoms with Gasteiger partial charge in [-0.15, -0.1) is 10.2 Å². The number of benzene rings is 1. The molecule has 0 fully saturated rings. The molecule has 180 valence electrons. The predicted octanol–water partition coefficient (Wildman–Crippen LogP) is 2.72. The van der Waals surface area contributed by atoms with Crippen LogP contribution in [0.3, 0.4) is 0 Å². The van der Waals surface area contributed by atoms with E-state index in [1.54, 1.807) is 4.57 Å². The van der Waals surface area contributed by atoms with E-state index in [0.29, 0.717) is 62.6 Å². The molecule has 0 aliphatic rings. The molecule has 33 heavy (non-hydrogen) atoms. The molecule has 0 unspecified atom stereocenters. The largest absolute Gasteiger partial charge is 0.379 e. The normalized spacial score (nSPS) is 11.8. The molecule has 2 aromatic heterocycles. The highest BCUT2D eigenvalue weighted by molar-refractivity contribution is 5.80. The van der Waals surface area contributed by atoms with E-state index in [-0.39, 0.29) is 23.7 Å². The number of hydrogen-bond acceptors (Lipinski definition) is 6. The zero-order chi connectivity index (χ0) is 23.8. The first-order chi connectivity index (χ1) is 15.9. The van der Waals surface area contributed by atoms with Gasteiger partial charge in [0, 0.05) is 39.1 Å². The van der Waals surface area contributed by atoms with Crippen molar-refractivity contribution in [3.8, 4) is 0 Å². The number of nitrogens with zero attached hydrogens (tertiary/aromatic N) is 4. The number of nitrogens with one attached hydrogen (secondary N) is 1. The van der Waals surface area contributed by atoms with Crippen LogP contribution in [0, 0.1) is 0 Å². The van der Waals surface area contributed by atoms with Gasteiger partial charge in [0.2, 0.25) is 11.7 Å². The molecule has 2 heterocycles. The third-order valence-corrected chi connectivity index (χ3v) is 5.22. The maximum atomic E-state index is 13.1. The maximum Gasteiger partial charge on any atom is 0.262 e. The van der Waals surface area contributed by atoms with Gasteiger partial charge in [0.25, 0.3) is 5.56 Å². The Hall–Kier alpha value is -2.78. The van der Waals surface area contributed by atoms with Gasteiger partial charge in [0.15, 0.2) is 0 Å². The number of aromatic nitrogens is 4. The zero-order valence-corrected chi connectivity index (χ0v) is 20.0. The molecule has 3 rings (SSSR count). The van der Waals surface area contributed by atoms with Gasteiger partial charge in [-0.1, -0.05) is 12.1 Å². The maximum absolute atomic E-state index is 13.1. The molecule has 1 amide bonds. The van der Waals surface area contributed by atoms with Crippen molar-refractivity contribution in [1.82, 2.24) is 24.5 Å². The molecule has 9 nitrogen and oxygen atoms in total. The Morgan fingerprint density at radius 3 is 2.45 bits per heavy atom. The summed E-state index contributed by atoms with van der Waals surface area (Å²) in [6.45, 7) is 10.2. The van der Waals surface area contributed by atoms with Gasteiger partial charge in [0.1, 0.15) is 5.82 Å². The van der Waals surface area contributed by atoms with Crippen LogP contribution in [-0.2, 0) is 27.2 Å². The van der Waals surface area contributed by atoms with Gasteiger partial charge in [-0.2, -0.15) is 0 Å². The van der Waals surface area contributed by atoms with Crippen LogP contribution in [0.25, 0.3) is 16.7 Å². The van der Waals surface area contributed by atoms with Crippen molar-refractivity contribution < 1.29 is 14.3 Å². The highest BCUT2D eigenvalue weighted by atomic mass is 16.5. The van der Waals surface area contributed by atoms with Gasteiger partial charge in [-0.3, -0.25) is 18.6 Å². The summed E-state index contributed by atoms with van der Waals surface area (Å²) in [6.07, 6.45) is 2.52. The predicted molar refractivity (Wildman–Crippen MR) is 127 cm³/mol. The van der Waals surface area contributed by atoms with E-state index >= 15 is 0 Å². The summed E-state index contributed by atoms with van der Waals surface area (Å²) in [5.74, 6) is 1.11. The standard InChI is InChI=1S/C24H35N5O4/c1-17(2)32-15-7-13-25-22(30)12-11-21-26-27-24-28(14-8-16-33-18(3)4)23(31)19-9-5-6-10-20(19)29(21)24/h5-6,9-10,17-18H,7-8,11-16H2,1-4H3,(H,25,30). The third kappa shape index (κ3) is 6.61. The molecule has 1 N–H and O–H groups in total. The fourth-order valence-corrected chi connectivity index (χ4v) is 3.65. The second kappa shape index (κ2) is 11.9. The molecule has 0 saturated carbocycles. The fraction of sp³-hybridized carbons (Fsp3) is 0.583. The summed E-state index contributed by atoms with van der Waals surface area (Å²) in [5.41, 5.74) is 0.654. The van der Waals surface area contributed by atoms with Crippen molar-refractivity contribution in [3.05, 3.63) is 40.4 Å². The smallest absolute Gasteiger partial charge is 0.262 e. The van der Waals surface area contributed by atoms with E-state index in [0.717, 1.165) is 11.9 Å². The van der Waals surface area contributed by atoms with Gasteiger partial charge < -0.3 is 14.8 Å². The monoisotopic (exact) mass is 457 g/mol. The first-order valence-corrected chi connectivity index (χ1v) is 11.7. The first-order valence-electron chi connectivity index (χ1n) is 11.7. The van der Waals surface area contributed by atoms with Crippen LogP contribution in [0.4, 0.5) is 0 Å². The first kappa shape index (κ1) is 24.9. The van der Waals surface area contributed by atoms with E-state index < -0.39 is 0 Å². The molecular formula is C24H35N5O4. The third-order valence-electron chi connectivity index (χ3n) is 5.22. The van der Waals surface area contributed by atoms with Crippen LogP contribution >= 0.6 is 0 Å². The van der Waals surface area contributed by atoms with Gasteiger partial charge in [-0.05, 0) is 52.7 Å². The second-order valence-corrected chi connectivity index (χ2v) is 8.62. The Bertz CT molecular complexity index is 1120. The number of aryl methyl sites for hydroxylation is 2. The Kier molecular flexibility index (Phi) is 8.96. The lowest BCUT2D eigenvalue weighted by Crippen LogP contribution is -2.26. The molecule has 0 spiro atoms. The van der Waals surface area contributed by atoms with Gasteiger partial charge >= 0.3 is 0 Å². The number of para-hydroxylation sites is 1. The minimum atomic E-state index is -0.0945. The molecule has 0 aliphatic carbocycles. The Morgan fingerprint density at radius 2 is 1.73 bits per heavy atom. The highest BCUT2D eigenvalue weighted by Gasteiger charge is 2.17. The number of hydrogen-bond donors (Lipinski definition) is 1. The minimum Gasteiger partial charge on any atom is -0.379 e. The molecule has 0 aliphatic heterocycles. The van der Waals surface area contributed by atoms with E-state index in [1.165, 1.54) is 0 Å².